The SMILES string of the molecule is CO[C@H]1CC[C@]2(CC1)Cc1cc(F)c(-c3cc(F)cc(C#N)c3)cc1[C@@]21N=C(C)C(N)=N1. The van der Waals surface area contributed by atoms with E-state index in [2.05, 4.69) is 0 Å². The van der Waals surface area contributed by atoms with Crippen molar-refractivity contribution in [2.75, 3.05) is 7.11 Å². The fourth-order valence-electron chi connectivity index (χ4n) is 5.73. The van der Waals surface area contributed by atoms with Gasteiger partial charge in [0.05, 0.1) is 23.4 Å². The minimum Gasteiger partial charge on any atom is -0.382 e. The normalized spacial score (nSPS) is 28.5. The lowest BCUT2D eigenvalue weighted by Crippen LogP contribution is -2.43. The highest BCUT2D eigenvalue weighted by Crippen LogP contribution is 2.62. The lowest BCUT2D eigenvalue weighted by atomic mass is 9.65. The van der Waals surface area contributed by atoms with Gasteiger partial charge in [0, 0.05) is 23.7 Å². The summed E-state index contributed by atoms with van der Waals surface area (Å²) in [5, 5.41) is 9.22. The van der Waals surface area contributed by atoms with Crippen molar-refractivity contribution in [2.24, 2.45) is 21.1 Å². The van der Waals surface area contributed by atoms with E-state index in [-0.39, 0.29) is 22.6 Å². The first-order valence-electron chi connectivity index (χ1n) is 10.8. The van der Waals surface area contributed by atoms with Crippen LogP contribution in [0.3, 0.4) is 0 Å². The van der Waals surface area contributed by atoms with Crippen LogP contribution in [0, 0.1) is 28.4 Å². The van der Waals surface area contributed by atoms with E-state index < -0.39 is 17.3 Å². The van der Waals surface area contributed by atoms with Crippen molar-refractivity contribution in [1.29, 1.82) is 5.26 Å². The van der Waals surface area contributed by atoms with E-state index in [9.17, 15) is 9.65 Å². The van der Waals surface area contributed by atoms with Crippen LogP contribution in [0.15, 0.2) is 40.3 Å². The molecular weight excluding hydrogens is 410 g/mol. The summed E-state index contributed by atoms with van der Waals surface area (Å²) in [5.41, 5.74) is 8.01. The van der Waals surface area contributed by atoms with E-state index in [0.29, 0.717) is 23.5 Å². The molecule has 32 heavy (non-hydrogen) atoms. The summed E-state index contributed by atoms with van der Waals surface area (Å²) in [6.45, 7) is 1.84. The molecule has 5 nitrogen and oxygen atoms in total. The number of nitriles is 1. The molecule has 1 atom stereocenters. The van der Waals surface area contributed by atoms with Gasteiger partial charge in [0.1, 0.15) is 17.5 Å². The van der Waals surface area contributed by atoms with Crippen LogP contribution in [0.1, 0.15) is 49.3 Å². The predicted molar refractivity (Wildman–Crippen MR) is 118 cm³/mol. The molecule has 2 aromatic rings. The number of hydrogen-bond donors (Lipinski definition) is 1. The quantitative estimate of drug-likeness (QED) is 0.749. The maximum Gasteiger partial charge on any atom is 0.184 e. The van der Waals surface area contributed by atoms with E-state index >= 15 is 4.39 Å². The van der Waals surface area contributed by atoms with E-state index in [1.807, 2.05) is 13.0 Å². The molecule has 7 heteroatoms. The number of fused-ring (bicyclic) bond motifs is 3. The second-order valence-electron chi connectivity index (χ2n) is 9.09. The molecule has 0 bridgehead atoms. The van der Waals surface area contributed by atoms with Crippen LogP contribution >= 0.6 is 0 Å². The summed E-state index contributed by atoms with van der Waals surface area (Å²) >= 11 is 0. The Labute approximate surface area is 185 Å². The van der Waals surface area contributed by atoms with Gasteiger partial charge in [-0.25, -0.2) is 13.8 Å². The van der Waals surface area contributed by atoms with Crippen molar-refractivity contribution in [3.63, 3.8) is 0 Å². The number of halogens is 2. The summed E-state index contributed by atoms with van der Waals surface area (Å²) in [4.78, 5) is 9.87. The molecule has 2 N–H and O–H groups in total. The van der Waals surface area contributed by atoms with Crippen LogP contribution in [0.4, 0.5) is 8.78 Å². The molecule has 164 valence electrons. The fraction of sp³-hybridized carbons (Fsp3) is 0.400. The largest absolute Gasteiger partial charge is 0.382 e. The average Bonchev–Trinajstić information content (AvgIpc) is 3.20. The van der Waals surface area contributed by atoms with E-state index in [1.54, 1.807) is 13.2 Å². The van der Waals surface area contributed by atoms with Crippen LogP contribution in [0.2, 0.25) is 0 Å². The van der Waals surface area contributed by atoms with E-state index in [0.717, 1.165) is 42.9 Å². The van der Waals surface area contributed by atoms with Crippen LogP contribution in [0.5, 0.6) is 0 Å². The Morgan fingerprint density at radius 2 is 1.88 bits per heavy atom. The Hall–Kier alpha value is -3.11. The van der Waals surface area contributed by atoms with Crippen molar-refractivity contribution < 1.29 is 13.5 Å². The van der Waals surface area contributed by atoms with Crippen molar-refractivity contribution in [3.05, 3.63) is 58.7 Å². The predicted octanol–water partition coefficient (Wildman–Crippen LogP) is 4.62. The molecule has 0 radical (unpaired) electrons. The third-order valence-corrected chi connectivity index (χ3v) is 7.38. The number of benzene rings is 2. The number of aliphatic imine (C=N–C) groups is 2. The Balaban J connectivity index is 1.69. The molecule has 1 heterocycles. The molecule has 2 spiro atoms. The van der Waals surface area contributed by atoms with Crippen molar-refractivity contribution >= 4 is 11.5 Å². The van der Waals surface area contributed by atoms with Crippen molar-refractivity contribution in [1.82, 2.24) is 0 Å². The number of ether oxygens (including phenoxy) is 1. The molecule has 3 aliphatic rings. The number of amidine groups is 1. The lowest BCUT2D eigenvalue weighted by Gasteiger charge is -2.44. The summed E-state index contributed by atoms with van der Waals surface area (Å²) in [5.74, 6) is -0.638. The molecule has 2 aromatic carbocycles. The van der Waals surface area contributed by atoms with E-state index in [1.165, 1.54) is 18.2 Å². The standard InChI is InChI=1S/C25H24F2N4O/c1-14-23(29)31-25(30-14)21-11-20(16-7-15(13-28)8-18(26)9-16)22(27)10-17(21)12-24(25)5-3-19(32-2)4-6-24/h7-11,19H,3-6,12H2,1-2H3,(H2,29,31)/t19-,24-,25-/m0/s1. The van der Waals surface area contributed by atoms with Crippen molar-refractivity contribution in [2.45, 2.75) is 50.8 Å². The Morgan fingerprint density at radius 1 is 1.12 bits per heavy atom. The van der Waals surface area contributed by atoms with Crippen LogP contribution in [-0.4, -0.2) is 24.8 Å². The zero-order valence-corrected chi connectivity index (χ0v) is 18.1. The second-order valence-corrected chi connectivity index (χ2v) is 9.09. The fourth-order valence-corrected chi connectivity index (χ4v) is 5.73. The van der Waals surface area contributed by atoms with Gasteiger partial charge in [-0.1, -0.05) is 0 Å². The molecule has 0 aromatic heterocycles. The minimum atomic E-state index is -0.914. The highest BCUT2D eigenvalue weighted by molar-refractivity contribution is 6.41. The molecule has 2 aliphatic carbocycles. The topological polar surface area (TPSA) is 83.8 Å². The lowest BCUT2D eigenvalue weighted by molar-refractivity contribution is -0.000374. The maximum atomic E-state index is 15.3. The van der Waals surface area contributed by atoms with Crippen LogP contribution < -0.4 is 5.73 Å². The highest BCUT2D eigenvalue weighted by atomic mass is 19.1. The Morgan fingerprint density at radius 3 is 2.50 bits per heavy atom. The molecule has 0 amide bonds. The van der Waals surface area contributed by atoms with E-state index in [4.69, 9.17) is 20.5 Å². The summed E-state index contributed by atoms with van der Waals surface area (Å²) in [6, 6.07) is 9.06. The Bertz CT molecular complexity index is 1200. The Kier molecular flexibility index (Phi) is 4.68. The number of hydrogen-bond acceptors (Lipinski definition) is 5. The minimum absolute atomic E-state index is 0.140. The van der Waals surface area contributed by atoms with Crippen LogP contribution in [-0.2, 0) is 16.8 Å². The van der Waals surface area contributed by atoms with Crippen molar-refractivity contribution in [3.8, 4) is 17.2 Å². The summed E-state index contributed by atoms with van der Waals surface area (Å²) in [7, 11) is 1.73. The molecule has 5 rings (SSSR count). The van der Waals surface area contributed by atoms with Gasteiger partial charge < -0.3 is 10.5 Å². The van der Waals surface area contributed by atoms with Gasteiger partial charge in [0.15, 0.2) is 5.66 Å². The zero-order valence-electron chi connectivity index (χ0n) is 18.1. The van der Waals surface area contributed by atoms with Gasteiger partial charge in [0.2, 0.25) is 0 Å². The maximum absolute atomic E-state index is 15.3. The molecule has 1 saturated carbocycles. The average molecular weight is 434 g/mol. The number of methoxy groups -OCH3 is 1. The van der Waals surface area contributed by atoms with Gasteiger partial charge in [-0.2, -0.15) is 5.26 Å². The van der Waals surface area contributed by atoms with Gasteiger partial charge in [-0.15, -0.1) is 0 Å². The first-order chi connectivity index (χ1) is 15.3. The molecule has 0 saturated heterocycles. The first-order valence-corrected chi connectivity index (χ1v) is 10.8. The second kappa shape index (κ2) is 7.21. The molecule has 1 fully saturated rings. The van der Waals surface area contributed by atoms with Crippen LogP contribution in [0.25, 0.3) is 11.1 Å². The number of rotatable bonds is 2. The smallest absolute Gasteiger partial charge is 0.184 e. The molecule has 0 unspecified atom stereocenters. The number of nitrogens with zero attached hydrogens (tertiary/aromatic N) is 3. The monoisotopic (exact) mass is 434 g/mol. The van der Waals surface area contributed by atoms with Gasteiger partial charge in [0.25, 0.3) is 0 Å². The van der Waals surface area contributed by atoms with Gasteiger partial charge >= 0.3 is 0 Å². The molecular formula is C25H24F2N4O. The highest BCUT2D eigenvalue weighted by Gasteiger charge is 2.61. The van der Waals surface area contributed by atoms with Gasteiger partial charge in [-0.05, 0) is 80.5 Å². The molecule has 1 aliphatic heterocycles. The number of nitrogens with two attached hydrogens (primary N) is 1. The summed E-state index contributed by atoms with van der Waals surface area (Å²) in [6.07, 6.45) is 4.27. The zero-order chi connectivity index (χ0) is 22.7. The third kappa shape index (κ3) is 2.90. The third-order valence-electron chi connectivity index (χ3n) is 7.38. The first kappa shape index (κ1) is 20.8. The summed E-state index contributed by atoms with van der Waals surface area (Å²) < 4.78 is 35.0. The van der Waals surface area contributed by atoms with Gasteiger partial charge in [-0.3, -0.25) is 4.99 Å².